The van der Waals surface area contributed by atoms with Crippen molar-refractivity contribution in [1.82, 2.24) is 25.5 Å². The number of hydrogen-bond acceptors (Lipinski definition) is 6. The molecule has 8 nitrogen and oxygen atoms in total. The van der Waals surface area contributed by atoms with Crippen molar-refractivity contribution in [2.45, 2.75) is 66.3 Å². The smallest absolute Gasteiger partial charge is 0.346 e. The molecule has 0 unspecified atom stereocenters. The minimum atomic E-state index is -6.32. The van der Waals surface area contributed by atoms with Crippen LogP contribution in [0.15, 0.2) is 47.4 Å². The maximum Gasteiger partial charge on any atom is 0.435 e. The van der Waals surface area contributed by atoms with Gasteiger partial charge >= 0.3 is 18.0 Å². The van der Waals surface area contributed by atoms with Gasteiger partial charge in [0.15, 0.2) is 9.84 Å². The average Bonchev–Trinajstić information content (AvgIpc) is 3.51. The quantitative estimate of drug-likeness (QED) is 0.418. The molecule has 0 spiro atoms. The molecule has 226 valence electrons. The summed E-state index contributed by atoms with van der Waals surface area (Å²) in [7, 11) is -2.93. The second kappa shape index (κ2) is 9.74. The number of halogens is 7. The Morgan fingerprint density at radius 2 is 1.64 bits per heavy atom. The number of amides is 1. The molecule has 0 aliphatic heterocycles. The molecule has 3 aromatic rings. The van der Waals surface area contributed by atoms with Gasteiger partial charge in [0.2, 0.25) is 5.82 Å². The SMILES string of the molecule is Cc1ccc(S(=O)(=O)[C@@]23CC[C@@H](NC(=O)c4nnnn4C)[C@@H]2CCc2cc(C(F)(C(F)(F)F)C(F)(F)F)ccc23)cc1. The molecule has 42 heavy (non-hydrogen) atoms. The highest BCUT2D eigenvalue weighted by atomic mass is 32.2. The van der Waals surface area contributed by atoms with Crippen LogP contribution >= 0.6 is 0 Å². The van der Waals surface area contributed by atoms with E-state index >= 15 is 0 Å². The van der Waals surface area contributed by atoms with Gasteiger partial charge < -0.3 is 5.32 Å². The van der Waals surface area contributed by atoms with Crippen LogP contribution in [-0.2, 0) is 33.7 Å². The minimum absolute atomic E-state index is 0.0214. The van der Waals surface area contributed by atoms with Gasteiger partial charge in [-0.1, -0.05) is 35.9 Å². The zero-order valence-corrected chi connectivity index (χ0v) is 22.9. The summed E-state index contributed by atoms with van der Waals surface area (Å²) in [4.78, 5) is 12.8. The van der Waals surface area contributed by atoms with Gasteiger partial charge in [-0.2, -0.15) is 26.3 Å². The fourth-order valence-electron chi connectivity index (χ4n) is 6.31. The Bertz CT molecular complexity index is 1620. The van der Waals surface area contributed by atoms with Gasteiger partial charge in [0.25, 0.3) is 5.91 Å². The number of tetrazole rings is 1. The summed E-state index contributed by atoms with van der Waals surface area (Å²) in [6.45, 7) is 1.74. The van der Waals surface area contributed by atoms with Gasteiger partial charge in [-0.3, -0.25) is 4.79 Å². The van der Waals surface area contributed by atoms with E-state index in [-0.39, 0.29) is 47.5 Å². The fraction of sp³-hybridized carbons (Fsp3) is 0.462. The Labute approximate surface area is 235 Å². The first-order chi connectivity index (χ1) is 19.4. The van der Waals surface area contributed by atoms with Gasteiger partial charge in [0, 0.05) is 24.6 Å². The predicted molar refractivity (Wildman–Crippen MR) is 132 cm³/mol. The number of sulfone groups is 1. The van der Waals surface area contributed by atoms with Crippen LogP contribution in [0.25, 0.3) is 0 Å². The summed E-state index contributed by atoms with van der Waals surface area (Å²) in [5, 5.41) is 13.4. The molecule has 1 fully saturated rings. The van der Waals surface area contributed by atoms with Crippen molar-refractivity contribution in [2.24, 2.45) is 13.0 Å². The highest BCUT2D eigenvalue weighted by Crippen LogP contribution is 2.59. The van der Waals surface area contributed by atoms with Crippen molar-refractivity contribution in [1.29, 1.82) is 0 Å². The lowest BCUT2D eigenvalue weighted by atomic mass is 9.74. The number of fused-ring (bicyclic) bond motifs is 3. The third-order valence-corrected chi connectivity index (χ3v) is 10.9. The van der Waals surface area contributed by atoms with Gasteiger partial charge in [-0.15, -0.1) is 5.10 Å². The van der Waals surface area contributed by atoms with Crippen LogP contribution in [0.1, 0.15) is 52.1 Å². The fourth-order valence-corrected chi connectivity index (χ4v) is 8.78. The van der Waals surface area contributed by atoms with Gasteiger partial charge in [-0.05, 0) is 66.3 Å². The van der Waals surface area contributed by atoms with Gasteiger partial charge in [0.1, 0.15) is 4.75 Å². The molecule has 0 radical (unpaired) electrons. The molecule has 1 amide bonds. The van der Waals surface area contributed by atoms with Crippen LogP contribution in [0.4, 0.5) is 30.7 Å². The van der Waals surface area contributed by atoms with Crippen LogP contribution in [0.5, 0.6) is 0 Å². The van der Waals surface area contributed by atoms with E-state index in [4.69, 9.17) is 0 Å². The zero-order chi connectivity index (χ0) is 30.9. The first-order valence-electron chi connectivity index (χ1n) is 12.8. The van der Waals surface area contributed by atoms with E-state index in [1.54, 1.807) is 19.1 Å². The summed E-state index contributed by atoms with van der Waals surface area (Å²) >= 11 is 0. The molecule has 2 aliphatic rings. The number of carbonyl (C=O) groups excluding carboxylic acids is 1. The Morgan fingerprint density at radius 3 is 2.21 bits per heavy atom. The standard InChI is InChI=1S/C26H24F7N5O3S/c1-14-3-7-17(8-4-14)42(40,41)23-12-11-20(34-22(39)21-35-36-37-38(21)2)19(23)9-5-15-13-16(6-10-18(15)23)24(27,25(28,29)30)26(31,32)33/h3-4,6-8,10,13,19-20H,5,9,11-12H2,1-2H3,(H,34,39)/t19-,20+,23+/m0/s1. The largest absolute Gasteiger partial charge is 0.435 e. The number of hydrogen-bond donors (Lipinski definition) is 1. The molecule has 2 aromatic carbocycles. The Kier molecular flexibility index (Phi) is 6.94. The topological polar surface area (TPSA) is 107 Å². The van der Waals surface area contributed by atoms with Gasteiger partial charge in [-0.25, -0.2) is 17.5 Å². The third-order valence-electron chi connectivity index (χ3n) is 8.33. The molecule has 1 N–H and O–H groups in total. The highest BCUT2D eigenvalue weighted by molar-refractivity contribution is 7.92. The van der Waals surface area contributed by atoms with Crippen LogP contribution in [0, 0.1) is 12.8 Å². The van der Waals surface area contributed by atoms with E-state index in [0.29, 0.717) is 12.1 Å². The van der Waals surface area contributed by atoms with E-state index in [1.807, 2.05) is 0 Å². The van der Waals surface area contributed by atoms with Crippen molar-refractivity contribution >= 4 is 15.7 Å². The van der Waals surface area contributed by atoms with Crippen LogP contribution < -0.4 is 5.32 Å². The van der Waals surface area contributed by atoms with Crippen LogP contribution in [-0.4, -0.2) is 52.9 Å². The zero-order valence-electron chi connectivity index (χ0n) is 22.1. The van der Waals surface area contributed by atoms with Crippen LogP contribution in [0.3, 0.4) is 0 Å². The number of aryl methyl sites for hydroxylation is 3. The minimum Gasteiger partial charge on any atom is -0.346 e. The van der Waals surface area contributed by atoms with E-state index in [0.717, 1.165) is 16.3 Å². The maximum atomic E-state index is 14.9. The second-order valence-electron chi connectivity index (χ2n) is 10.6. The molecule has 0 saturated heterocycles. The van der Waals surface area contributed by atoms with Crippen molar-refractivity contribution in [2.75, 3.05) is 0 Å². The molecule has 0 bridgehead atoms. The molecule has 1 aromatic heterocycles. The lowest BCUT2D eigenvalue weighted by Crippen LogP contribution is -2.51. The lowest BCUT2D eigenvalue weighted by molar-refractivity contribution is -0.348. The normalized spacial score (nSPS) is 22.9. The number of benzene rings is 2. The van der Waals surface area contributed by atoms with Gasteiger partial charge in [0.05, 0.1) is 4.90 Å². The first-order valence-corrected chi connectivity index (χ1v) is 14.2. The molecule has 1 saturated carbocycles. The first kappa shape index (κ1) is 29.9. The molecule has 1 heterocycles. The Balaban J connectivity index is 1.66. The number of nitrogens with zero attached hydrogens (tertiary/aromatic N) is 4. The number of rotatable bonds is 5. The molecular formula is C26H24F7N5O3S. The number of nitrogens with one attached hydrogen (secondary N) is 1. The summed E-state index contributed by atoms with van der Waals surface area (Å²) in [6.07, 6.45) is -12.8. The molecule has 16 heteroatoms. The third kappa shape index (κ3) is 4.28. The van der Waals surface area contributed by atoms with E-state index < -0.39 is 56.0 Å². The van der Waals surface area contributed by atoms with Crippen molar-refractivity contribution in [3.05, 3.63) is 70.5 Å². The summed E-state index contributed by atoms with van der Waals surface area (Å²) in [5.74, 6) is -1.66. The second-order valence-corrected chi connectivity index (χ2v) is 12.8. The van der Waals surface area contributed by atoms with E-state index in [2.05, 4.69) is 20.8 Å². The van der Waals surface area contributed by atoms with E-state index in [1.165, 1.54) is 19.2 Å². The average molecular weight is 620 g/mol. The molecule has 5 rings (SSSR count). The highest BCUT2D eigenvalue weighted by Gasteiger charge is 2.73. The number of aromatic nitrogens is 4. The lowest BCUT2D eigenvalue weighted by Gasteiger charge is -2.43. The monoisotopic (exact) mass is 619 g/mol. The Morgan fingerprint density at radius 1 is 1.00 bits per heavy atom. The van der Waals surface area contributed by atoms with E-state index in [9.17, 15) is 43.9 Å². The summed E-state index contributed by atoms with van der Waals surface area (Å²) in [5.41, 5.74) is -6.75. The Hall–Kier alpha value is -3.56. The maximum absolute atomic E-state index is 14.9. The molecule has 3 atom stereocenters. The summed E-state index contributed by atoms with van der Waals surface area (Å²) in [6, 6.07) is 6.78. The van der Waals surface area contributed by atoms with Crippen molar-refractivity contribution in [3.8, 4) is 0 Å². The molecule has 2 aliphatic carbocycles. The van der Waals surface area contributed by atoms with Crippen LogP contribution in [0.2, 0.25) is 0 Å². The number of carbonyl (C=O) groups is 1. The molecular weight excluding hydrogens is 595 g/mol. The van der Waals surface area contributed by atoms with Crippen molar-refractivity contribution < 1.29 is 43.9 Å². The predicted octanol–water partition coefficient (Wildman–Crippen LogP) is 4.63. The number of alkyl halides is 7. The van der Waals surface area contributed by atoms with Crippen molar-refractivity contribution in [3.63, 3.8) is 0 Å². The summed E-state index contributed by atoms with van der Waals surface area (Å²) < 4.78 is 124.